The molecule has 0 aliphatic heterocycles. The van der Waals surface area contributed by atoms with E-state index < -0.39 is 0 Å². The predicted molar refractivity (Wildman–Crippen MR) is 77.3 cm³/mol. The van der Waals surface area contributed by atoms with Gasteiger partial charge in [0, 0.05) is 7.05 Å². The second kappa shape index (κ2) is 4.85. The van der Waals surface area contributed by atoms with Crippen LogP contribution in [0.1, 0.15) is 12.7 Å². The lowest BCUT2D eigenvalue weighted by Crippen LogP contribution is -2.09. The minimum atomic E-state index is 0.743. The van der Waals surface area contributed by atoms with Crippen LogP contribution in [-0.2, 0) is 7.05 Å². The largest absolute Gasteiger partial charge is 0.463 e. The normalized spacial score (nSPS) is 13.4. The molecule has 96 valence electrons. The van der Waals surface area contributed by atoms with Crippen molar-refractivity contribution in [2.45, 2.75) is 6.92 Å². The molecule has 0 atom stereocenters. The lowest BCUT2D eigenvalue weighted by molar-refractivity contribution is 0.557. The molecule has 0 fully saturated rings. The molecular weight excluding hydrogens is 258 g/mol. The van der Waals surface area contributed by atoms with Crippen molar-refractivity contribution in [2.75, 3.05) is 0 Å². The molecule has 5 heteroatoms. The Balaban J connectivity index is 2.07. The number of thiazole rings is 1. The number of fused-ring (bicyclic) bond motifs is 1. The Hall–Kier alpha value is -2.14. The first-order chi connectivity index (χ1) is 9.25. The van der Waals surface area contributed by atoms with Crippen molar-refractivity contribution in [3.05, 3.63) is 53.2 Å². The number of rotatable bonds is 2. The van der Waals surface area contributed by atoms with Gasteiger partial charge in [-0.25, -0.2) is 0 Å². The van der Waals surface area contributed by atoms with E-state index in [1.807, 2.05) is 42.8 Å². The van der Waals surface area contributed by atoms with Crippen LogP contribution < -0.4 is 4.80 Å². The van der Waals surface area contributed by atoms with E-state index >= 15 is 0 Å². The third-order valence-electron chi connectivity index (χ3n) is 2.88. The lowest BCUT2D eigenvalue weighted by atomic mass is 10.3. The second-order valence-electron chi connectivity index (χ2n) is 4.17. The van der Waals surface area contributed by atoms with Gasteiger partial charge < -0.3 is 8.98 Å². The van der Waals surface area contributed by atoms with Gasteiger partial charge >= 0.3 is 0 Å². The van der Waals surface area contributed by atoms with E-state index in [4.69, 9.17) is 4.42 Å². The van der Waals surface area contributed by atoms with Gasteiger partial charge in [0.1, 0.15) is 11.5 Å². The molecule has 3 aromatic rings. The van der Waals surface area contributed by atoms with E-state index in [1.165, 1.54) is 4.70 Å². The minimum absolute atomic E-state index is 0.743. The summed E-state index contributed by atoms with van der Waals surface area (Å²) in [6.45, 7) is 1.88. The molecule has 0 unspecified atom stereocenters. The van der Waals surface area contributed by atoms with Crippen LogP contribution in [0.5, 0.6) is 0 Å². The number of aryl methyl sites for hydroxylation is 1. The molecule has 1 aromatic carbocycles. The van der Waals surface area contributed by atoms with Crippen LogP contribution >= 0.6 is 11.3 Å². The first-order valence-electron chi connectivity index (χ1n) is 5.92. The van der Waals surface area contributed by atoms with Crippen molar-refractivity contribution in [1.29, 1.82) is 0 Å². The van der Waals surface area contributed by atoms with E-state index in [1.54, 1.807) is 17.6 Å². The van der Waals surface area contributed by atoms with Crippen molar-refractivity contribution >= 4 is 27.3 Å². The molecule has 0 spiro atoms. The molecule has 2 aromatic heterocycles. The van der Waals surface area contributed by atoms with Crippen LogP contribution in [-0.4, -0.2) is 10.3 Å². The van der Waals surface area contributed by atoms with Crippen molar-refractivity contribution in [3.63, 3.8) is 0 Å². The number of furan rings is 1. The monoisotopic (exact) mass is 271 g/mol. The first-order valence-corrected chi connectivity index (χ1v) is 6.74. The summed E-state index contributed by atoms with van der Waals surface area (Å²) < 4.78 is 8.52. The fourth-order valence-corrected chi connectivity index (χ4v) is 2.80. The summed E-state index contributed by atoms with van der Waals surface area (Å²) in [5.41, 5.74) is 1.93. The van der Waals surface area contributed by atoms with E-state index in [9.17, 15) is 0 Å². The number of nitrogens with zero attached hydrogens (tertiary/aromatic N) is 3. The zero-order valence-corrected chi connectivity index (χ0v) is 11.5. The van der Waals surface area contributed by atoms with Crippen LogP contribution in [0.2, 0.25) is 0 Å². The fraction of sp³-hybridized carbons (Fsp3) is 0.143. The van der Waals surface area contributed by atoms with Crippen LogP contribution in [0.15, 0.2) is 57.3 Å². The topological polar surface area (TPSA) is 42.8 Å². The van der Waals surface area contributed by atoms with Gasteiger partial charge in [-0.2, -0.15) is 0 Å². The highest BCUT2D eigenvalue weighted by molar-refractivity contribution is 7.16. The molecule has 0 aliphatic carbocycles. The average Bonchev–Trinajstić information content (AvgIpc) is 3.05. The maximum Gasteiger partial charge on any atom is 0.211 e. The summed E-state index contributed by atoms with van der Waals surface area (Å²) in [4.78, 5) is 0.868. The highest BCUT2D eigenvalue weighted by atomic mass is 32.1. The minimum Gasteiger partial charge on any atom is -0.463 e. The summed E-state index contributed by atoms with van der Waals surface area (Å²) in [6.07, 6.45) is 1.63. The molecular formula is C14H13N3OS. The zero-order valence-electron chi connectivity index (χ0n) is 10.7. The van der Waals surface area contributed by atoms with Gasteiger partial charge in [0.15, 0.2) is 0 Å². The average molecular weight is 271 g/mol. The van der Waals surface area contributed by atoms with Crippen molar-refractivity contribution in [2.24, 2.45) is 17.3 Å². The number of benzene rings is 1. The Morgan fingerprint density at radius 1 is 1.21 bits per heavy atom. The van der Waals surface area contributed by atoms with Crippen LogP contribution in [0.25, 0.3) is 10.2 Å². The molecule has 0 saturated heterocycles. The number of hydrogen-bond donors (Lipinski definition) is 0. The predicted octanol–water partition coefficient (Wildman–Crippen LogP) is 3.16. The standard InChI is InChI=1S/C14H13N3OS/c1-10(12-7-5-9-18-12)15-16-14-17(2)11-6-3-4-8-13(11)19-14/h3-9H,1-2H3/b15-10-,16-14+. The molecule has 0 N–H and O–H groups in total. The van der Waals surface area contributed by atoms with Crippen LogP contribution in [0, 0.1) is 0 Å². The molecule has 0 radical (unpaired) electrons. The summed E-state index contributed by atoms with van der Waals surface area (Å²) >= 11 is 1.62. The summed E-state index contributed by atoms with van der Waals surface area (Å²) in [5.74, 6) is 0.743. The third kappa shape index (κ3) is 2.24. The number of aromatic nitrogens is 1. The molecule has 3 rings (SSSR count). The molecule has 0 bridgehead atoms. The van der Waals surface area contributed by atoms with Gasteiger partial charge in [-0.1, -0.05) is 23.5 Å². The van der Waals surface area contributed by atoms with Gasteiger partial charge in [-0.15, -0.1) is 10.2 Å². The molecule has 19 heavy (non-hydrogen) atoms. The Bertz CT molecular complexity index is 794. The summed E-state index contributed by atoms with van der Waals surface area (Å²) in [5, 5.41) is 8.54. The molecule has 0 saturated carbocycles. The van der Waals surface area contributed by atoms with Gasteiger partial charge in [0.25, 0.3) is 0 Å². The number of para-hydroxylation sites is 1. The van der Waals surface area contributed by atoms with Gasteiger partial charge in [-0.05, 0) is 31.2 Å². The van der Waals surface area contributed by atoms with E-state index in [0.29, 0.717) is 0 Å². The Morgan fingerprint density at radius 2 is 2.05 bits per heavy atom. The third-order valence-corrected chi connectivity index (χ3v) is 3.98. The molecule has 0 aliphatic rings. The second-order valence-corrected chi connectivity index (χ2v) is 5.18. The molecule has 0 amide bonds. The number of hydrogen-bond acceptors (Lipinski definition) is 4. The lowest BCUT2D eigenvalue weighted by Gasteiger charge is -1.93. The SMILES string of the molecule is C/C(=N/N=c1/sc2ccccc2n1C)c1ccco1. The van der Waals surface area contributed by atoms with Crippen molar-refractivity contribution < 1.29 is 4.42 Å². The summed E-state index contributed by atoms with van der Waals surface area (Å²) in [7, 11) is 2.00. The van der Waals surface area contributed by atoms with Gasteiger partial charge in [0.2, 0.25) is 4.80 Å². The molecule has 2 heterocycles. The van der Waals surface area contributed by atoms with Crippen LogP contribution in [0.3, 0.4) is 0 Å². The fourth-order valence-electron chi connectivity index (χ4n) is 1.83. The van der Waals surface area contributed by atoms with Gasteiger partial charge in [-0.3, -0.25) is 0 Å². The van der Waals surface area contributed by atoms with E-state index in [2.05, 4.69) is 22.3 Å². The van der Waals surface area contributed by atoms with E-state index in [-0.39, 0.29) is 0 Å². The maximum atomic E-state index is 5.28. The Morgan fingerprint density at radius 3 is 2.79 bits per heavy atom. The Kier molecular flexibility index (Phi) is 3.05. The quantitative estimate of drug-likeness (QED) is 0.521. The zero-order chi connectivity index (χ0) is 13.2. The van der Waals surface area contributed by atoms with Crippen LogP contribution in [0.4, 0.5) is 0 Å². The maximum absolute atomic E-state index is 5.28. The van der Waals surface area contributed by atoms with Crippen molar-refractivity contribution in [3.8, 4) is 0 Å². The summed E-state index contributed by atoms with van der Waals surface area (Å²) in [6, 6.07) is 11.9. The smallest absolute Gasteiger partial charge is 0.211 e. The highest BCUT2D eigenvalue weighted by Gasteiger charge is 2.02. The molecule has 4 nitrogen and oxygen atoms in total. The van der Waals surface area contributed by atoms with Crippen molar-refractivity contribution in [1.82, 2.24) is 4.57 Å². The highest BCUT2D eigenvalue weighted by Crippen LogP contribution is 2.15. The van der Waals surface area contributed by atoms with Gasteiger partial charge in [0.05, 0.1) is 16.5 Å². The Labute approximate surface area is 114 Å². The van der Waals surface area contributed by atoms with E-state index in [0.717, 1.165) is 21.8 Å². The first kappa shape index (κ1) is 11.9.